The molecule has 1 heterocycles. The van der Waals surface area contributed by atoms with Crippen molar-refractivity contribution in [3.05, 3.63) is 65.2 Å². The Morgan fingerprint density at radius 3 is 2.62 bits per heavy atom. The molecule has 146 valence electrons. The van der Waals surface area contributed by atoms with E-state index in [0.717, 1.165) is 28.0 Å². The lowest BCUT2D eigenvalue weighted by Crippen LogP contribution is -2.11. The maximum Gasteiger partial charge on any atom is 0.257 e. The molecule has 0 bridgehead atoms. The Morgan fingerprint density at radius 2 is 1.93 bits per heavy atom. The fourth-order valence-corrected chi connectivity index (χ4v) is 4.21. The Hall–Kier alpha value is -2.89. The Morgan fingerprint density at radius 1 is 1.17 bits per heavy atom. The number of amides is 1. The van der Waals surface area contributed by atoms with Crippen LogP contribution in [0.5, 0.6) is 5.75 Å². The summed E-state index contributed by atoms with van der Waals surface area (Å²) in [5, 5.41) is 20.3. The SMILES string of the molecule is N#Cc1ccc(CSc2nnc(NC(=O)c3ccc(OCC4CC4)cc3)s2)cc1. The second-order valence-corrected chi connectivity index (χ2v) is 8.90. The van der Waals surface area contributed by atoms with Gasteiger partial charge in [0.05, 0.1) is 18.2 Å². The maximum atomic E-state index is 12.4. The van der Waals surface area contributed by atoms with E-state index >= 15 is 0 Å². The van der Waals surface area contributed by atoms with Gasteiger partial charge >= 0.3 is 0 Å². The molecule has 1 fully saturated rings. The summed E-state index contributed by atoms with van der Waals surface area (Å²) in [6.45, 7) is 0.749. The van der Waals surface area contributed by atoms with Crippen molar-refractivity contribution in [2.75, 3.05) is 11.9 Å². The summed E-state index contributed by atoms with van der Waals surface area (Å²) >= 11 is 2.88. The number of anilines is 1. The Bertz CT molecular complexity index is 1020. The molecule has 1 saturated carbocycles. The molecule has 0 unspecified atom stereocenters. The van der Waals surface area contributed by atoms with Crippen molar-refractivity contribution in [2.45, 2.75) is 22.9 Å². The average molecular weight is 423 g/mol. The van der Waals surface area contributed by atoms with Gasteiger partial charge in [0.25, 0.3) is 5.91 Å². The molecule has 0 radical (unpaired) electrons. The van der Waals surface area contributed by atoms with E-state index in [0.29, 0.717) is 22.2 Å². The minimum absolute atomic E-state index is 0.224. The number of nitriles is 1. The monoisotopic (exact) mass is 422 g/mol. The molecule has 6 nitrogen and oxygen atoms in total. The average Bonchev–Trinajstić information content (AvgIpc) is 3.49. The summed E-state index contributed by atoms with van der Waals surface area (Å²) in [7, 11) is 0. The Kier molecular flexibility index (Phi) is 6.08. The van der Waals surface area contributed by atoms with Crippen molar-refractivity contribution in [3.8, 4) is 11.8 Å². The van der Waals surface area contributed by atoms with E-state index in [-0.39, 0.29) is 5.91 Å². The Balaban J connectivity index is 1.28. The molecule has 2 aromatic carbocycles. The zero-order valence-corrected chi connectivity index (χ0v) is 17.1. The molecule has 0 saturated heterocycles. The molecule has 0 spiro atoms. The summed E-state index contributed by atoms with van der Waals surface area (Å²) in [5.74, 6) is 1.97. The van der Waals surface area contributed by atoms with Crippen LogP contribution in [0, 0.1) is 17.2 Å². The lowest BCUT2D eigenvalue weighted by Gasteiger charge is -2.06. The maximum absolute atomic E-state index is 12.4. The van der Waals surface area contributed by atoms with Gasteiger partial charge in [0.1, 0.15) is 5.75 Å². The summed E-state index contributed by atoms with van der Waals surface area (Å²) in [6.07, 6.45) is 2.49. The first kappa shape index (κ1) is 19.4. The number of carbonyl (C=O) groups excluding carboxylic acids is 1. The Labute approximate surface area is 176 Å². The largest absolute Gasteiger partial charge is 0.493 e. The highest BCUT2D eigenvalue weighted by atomic mass is 32.2. The number of hydrogen-bond acceptors (Lipinski definition) is 7. The standard InChI is InChI=1S/C21H18N4O2S2/c22-11-14-1-5-16(6-2-14)13-28-21-25-24-20(29-21)23-19(26)17-7-9-18(10-8-17)27-12-15-3-4-15/h1-2,5-10,15H,3-4,12-13H2,(H,23,24,26). The zero-order chi connectivity index (χ0) is 20.1. The second-order valence-electron chi connectivity index (χ2n) is 6.70. The van der Waals surface area contributed by atoms with E-state index in [1.54, 1.807) is 24.3 Å². The van der Waals surface area contributed by atoms with Gasteiger partial charge in [-0.1, -0.05) is 35.2 Å². The van der Waals surface area contributed by atoms with Crippen molar-refractivity contribution in [3.63, 3.8) is 0 Å². The molecular formula is C21H18N4O2S2. The fourth-order valence-electron chi connectivity index (χ4n) is 2.51. The van der Waals surface area contributed by atoms with Crippen LogP contribution in [0.15, 0.2) is 52.9 Å². The van der Waals surface area contributed by atoms with Gasteiger partial charge in [0.15, 0.2) is 4.34 Å². The third-order valence-electron chi connectivity index (χ3n) is 4.37. The summed E-state index contributed by atoms with van der Waals surface area (Å²) in [5.41, 5.74) is 2.28. The first-order chi connectivity index (χ1) is 14.2. The molecule has 1 aromatic heterocycles. The van der Waals surface area contributed by atoms with Gasteiger partial charge in [0, 0.05) is 11.3 Å². The minimum Gasteiger partial charge on any atom is -0.493 e. The van der Waals surface area contributed by atoms with Gasteiger partial charge in [-0.15, -0.1) is 10.2 Å². The lowest BCUT2D eigenvalue weighted by atomic mass is 10.2. The van der Waals surface area contributed by atoms with Crippen LogP contribution in [-0.2, 0) is 5.75 Å². The smallest absolute Gasteiger partial charge is 0.257 e. The van der Waals surface area contributed by atoms with Gasteiger partial charge < -0.3 is 4.74 Å². The van der Waals surface area contributed by atoms with Crippen molar-refractivity contribution in [1.82, 2.24) is 10.2 Å². The van der Waals surface area contributed by atoms with Gasteiger partial charge in [-0.2, -0.15) is 5.26 Å². The molecule has 8 heteroatoms. The number of benzene rings is 2. The van der Waals surface area contributed by atoms with Crippen LogP contribution >= 0.6 is 23.1 Å². The number of hydrogen-bond donors (Lipinski definition) is 1. The van der Waals surface area contributed by atoms with Crippen LogP contribution < -0.4 is 10.1 Å². The van der Waals surface area contributed by atoms with Crippen molar-refractivity contribution < 1.29 is 9.53 Å². The normalized spacial score (nSPS) is 12.9. The predicted octanol–water partition coefficient (Wildman–Crippen LogP) is 4.74. The molecule has 0 atom stereocenters. The molecular weight excluding hydrogens is 404 g/mol. The molecule has 29 heavy (non-hydrogen) atoms. The highest BCUT2D eigenvalue weighted by Gasteiger charge is 2.21. The van der Waals surface area contributed by atoms with Gasteiger partial charge in [-0.3, -0.25) is 10.1 Å². The van der Waals surface area contributed by atoms with Crippen LogP contribution in [0.4, 0.5) is 5.13 Å². The van der Waals surface area contributed by atoms with Gasteiger partial charge in [-0.05, 0) is 60.7 Å². The first-order valence-electron chi connectivity index (χ1n) is 9.19. The molecule has 0 aliphatic heterocycles. The van der Waals surface area contributed by atoms with E-state index in [4.69, 9.17) is 10.00 Å². The van der Waals surface area contributed by atoms with Gasteiger partial charge in [0.2, 0.25) is 5.13 Å². The van der Waals surface area contributed by atoms with Crippen LogP contribution in [0.3, 0.4) is 0 Å². The second kappa shape index (κ2) is 9.07. The lowest BCUT2D eigenvalue weighted by molar-refractivity contribution is 0.102. The van der Waals surface area contributed by atoms with Crippen molar-refractivity contribution >= 4 is 34.1 Å². The fraction of sp³-hybridized carbons (Fsp3) is 0.238. The number of thioether (sulfide) groups is 1. The highest BCUT2D eigenvalue weighted by molar-refractivity contribution is 8.00. The number of carbonyl (C=O) groups is 1. The molecule has 1 N–H and O–H groups in total. The van der Waals surface area contributed by atoms with E-state index < -0.39 is 0 Å². The minimum atomic E-state index is -0.224. The highest BCUT2D eigenvalue weighted by Crippen LogP contribution is 2.30. The number of nitrogens with one attached hydrogen (secondary N) is 1. The third-order valence-corrected chi connectivity index (χ3v) is 6.41. The molecule has 4 rings (SSSR count). The van der Waals surface area contributed by atoms with Crippen molar-refractivity contribution in [1.29, 1.82) is 5.26 Å². The number of rotatable bonds is 8. The molecule has 1 aliphatic carbocycles. The van der Waals surface area contributed by atoms with Crippen LogP contribution in [-0.4, -0.2) is 22.7 Å². The van der Waals surface area contributed by atoms with Gasteiger partial charge in [-0.25, -0.2) is 0 Å². The van der Waals surface area contributed by atoms with E-state index in [9.17, 15) is 4.79 Å². The quantitative estimate of drug-likeness (QED) is 0.417. The number of nitrogens with zero attached hydrogens (tertiary/aromatic N) is 3. The van der Waals surface area contributed by atoms with E-state index in [1.165, 1.54) is 35.9 Å². The molecule has 3 aromatic rings. The van der Waals surface area contributed by atoms with Crippen LogP contribution in [0.1, 0.15) is 34.3 Å². The molecule has 1 amide bonds. The first-order valence-corrected chi connectivity index (χ1v) is 11.0. The van der Waals surface area contributed by atoms with Crippen LogP contribution in [0.2, 0.25) is 0 Å². The van der Waals surface area contributed by atoms with E-state index in [2.05, 4.69) is 21.6 Å². The number of aromatic nitrogens is 2. The zero-order valence-electron chi connectivity index (χ0n) is 15.5. The molecule has 1 aliphatic rings. The topological polar surface area (TPSA) is 87.9 Å². The van der Waals surface area contributed by atoms with Crippen molar-refractivity contribution in [2.24, 2.45) is 5.92 Å². The summed E-state index contributed by atoms with van der Waals surface area (Å²) in [4.78, 5) is 12.4. The summed E-state index contributed by atoms with van der Waals surface area (Å²) < 4.78 is 6.46. The third kappa shape index (κ3) is 5.56. The predicted molar refractivity (Wildman–Crippen MR) is 113 cm³/mol. The van der Waals surface area contributed by atoms with E-state index in [1.807, 2.05) is 24.3 Å². The number of ether oxygens (including phenoxy) is 1. The summed E-state index contributed by atoms with van der Waals surface area (Å²) in [6, 6.07) is 16.7. The van der Waals surface area contributed by atoms with Crippen LogP contribution in [0.25, 0.3) is 0 Å².